The summed E-state index contributed by atoms with van der Waals surface area (Å²) in [6.07, 6.45) is -0.517. The van der Waals surface area contributed by atoms with E-state index in [2.05, 4.69) is 0 Å². The number of rotatable bonds is 26. The van der Waals surface area contributed by atoms with Crippen LogP contribution >= 0.6 is 0 Å². The van der Waals surface area contributed by atoms with Crippen LogP contribution in [0.25, 0.3) is 33.4 Å². The lowest BCUT2D eigenvalue weighted by Gasteiger charge is -2.27. The average molecular weight is 1030 g/mol. The third-order valence-corrected chi connectivity index (χ3v) is 10.9. The summed E-state index contributed by atoms with van der Waals surface area (Å²) in [5, 5.41) is 9.35. The summed E-state index contributed by atoms with van der Waals surface area (Å²) in [5.74, 6) is -8.46. The number of aryl methyl sites for hydroxylation is 1. The molecular formula is C52H57F2N3O17. The first-order valence-corrected chi connectivity index (χ1v) is 23.5. The van der Waals surface area contributed by atoms with Crippen LogP contribution in [0.3, 0.4) is 0 Å². The number of carbonyl (C=O) groups is 7. The highest BCUT2D eigenvalue weighted by atomic mass is 19.1. The van der Waals surface area contributed by atoms with Crippen LogP contribution < -0.4 is 29.4 Å². The van der Waals surface area contributed by atoms with Gasteiger partial charge in [-0.2, -0.15) is 0 Å². The molecule has 2 aliphatic rings. The molecule has 3 aromatic rings. The van der Waals surface area contributed by atoms with Gasteiger partial charge in [0.15, 0.2) is 17.4 Å². The minimum Gasteiger partial charge on any atom is -0.488 e. The summed E-state index contributed by atoms with van der Waals surface area (Å²) >= 11 is 0. The molecular weight excluding hydrogens is 977 g/mol. The maximum atomic E-state index is 16.1. The van der Waals surface area contributed by atoms with Crippen LogP contribution in [-0.4, -0.2) is 124 Å². The molecule has 74 heavy (non-hydrogen) atoms. The number of halogens is 2. The van der Waals surface area contributed by atoms with Gasteiger partial charge in [-0.05, 0) is 82.1 Å². The zero-order valence-electron chi connectivity index (χ0n) is 42.0. The summed E-state index contributed by atoms with van der Waals surface area (Å²) < 4.78 is 76.7. The number of carboxylic acids is 1. The topological polar surface area (TPSA) is 244 Å². The van der Waals surface area contributed by atoms with E-state index in [0.29, 0.717) is 5.69 Å². The molecule has 1 aliphatic heterocycles. The summed E-state index contributed by atoms with van der Waals surface area (Å²) in [7, 11) is 0. The van der Waals surface area contributed by atoms with Gasteiger partial charge in [0.25, 0.3) is 0 Å². The zero-order valence-corrected chi connectivity index (χ0v) is 42.0. The molecule has 0 radical (unpaired) electrons. The number of anilines is 2. The number of amides is 1. The highest BCUT2D eigenvalue weighted by Gasteiger charge is 2.30. The van der Waals surface area contributed by atoms with Crippen LogP contribution in [0.5, 0.6) is 17.2 Å². The number of aliphatic carboxylic acids is 1. The monoisotopic (exact) mass is 1030 g/mol. The Morgan fingerprint density at radius 2 is 1.16 bits per heavy atom. The van der Waals surface area contributed by atoms with Gasteiger partial charge in [-0.25, -0.2) is 8.78 Å². The number of esters is 5. The molecule has 0 fully saturated rings. The molecule has 396 valence electrons. The van der Waals surface area contributed by atoms with Gasteiger partial charge in [0, 0.05) is 43.0 Å². The lowest BCUT2D eigenvalue weighted by atomic mass is 9.90. The second kappa shape index (κ2) is 26.4. The van der Waals surface area contributed by atoms with E-state index in [-0.39, 0.29) is 110 Å². The molecule has 1 aliphatic carbocycles. The third kappa shape index (κ3) is 14.9. The maximum absolute atomic E-state index is 16.1. The van der Waals surface area contributed by atoms with Gasteiger partial charge in [0.2, 0.25) is 11.3 Å². The van der Waals surface area contributed by atoms with Gasteiger partial charge in [-0.3, -0.25) is 38.4 Å². The van der Waals surface area contributed by atoms with Crippen molar-refractivity contribution in [1.29, 1.82) is 0 Å². The molecule has 0 spiro atoms. The van der Waals surface area contributed by atoms with Crippen molar-refractivity contribution in [3.05, 3.63) is 87.6 Å². The molecule has 0 bridgehead atoms. The molecule has 22 heteroatoms. The summed E-state index contributed by atoms with van der Waals surface area (Å²) in [5.41, 5.74) is -0.499. The fourth-order valence-electron chi connectivity index (χ4n) is 7.75. The van der Waals surface area contributed by atoms with E-state index in [1.54, 1.807) is 52.8 Å². The summed E-state index contributed by atoms with van der Waals surface area (Å²) in [6.45, 7) is 7.55. The van der Waals surface area contributed by atoms with Gasteiger partial charge < -0.3 is 57.4 Å². The van der Waals surface area contributed by atoms with E-state index in [9.17, 15) is 43.5 Å². The van der Waals surface area contributed by atoms with Crippen molar-refractivity contribution in [2.24, 2.45) is 0 Å². The van der Waals surface area contributed by atoms with Crippen LogP contribution in [-0.2, 0) is 59.1 Å². The van der Waals surface area contributed by atoms with Gasteiger partial charge in [-0.1, -0.05) is 12.1 Å². The first-order valence-electron chi connectivity index (χ1n) is 23.5. The van der Waals surface area contributed by atoms with Crippen molar-refractivity contribution < 1.29 is 85.0 Å². The Morgan fingerprint density at radius 3 is 1.65 bits per heavy atom. The second-order valence-corrected chi connectivity index (χ2v) is 16.3. The fraction of sp³-hybridized carbons (Fsp3) is 0.385. The Kier molecular flexibility index (Phi) is 20.2. The van der Waals surface area contributed by atoms with Crippen LogP contribution in [0.2, 0.25) is 0 Å². The molecule has 1 amide bonds. The number of hydrogen-bond acceptors (Lipinski definition) is 18. The van der Waals surface area contributed by atoms with Gasteiger partial charge in [-0.15, -0.1) is 0 Å². The van der Waals surface area contributed by atoms with E-state index < -0.39 is 96.2 Å². The first kappa shape index (κ1) is 56.6. The predicted molar refractivity (Wildman–Crippen MR) is 262 cm³/mol. The third-order valence-electron chi connectivity index (χ3n) is 10.9. The molecule has 20 nitrogen and oxygen atoms in total. The first-order chi connectivity index (χ1) is 35.3. The number of carbonyl (C=O) groups excluding carboxylic acids is 6. The SMILES string of the molecule is CCOC(=O)CN(CC(=O)OCC)c1ccc(C)cc1OCCOc1cc(-c2c3cc(F)c(=O)c(CN(CCC(=O)O)C(C)=O)c-3oc3cc(OC(C)=O)c(F)cc23)ccc1N(CC(=O)OCC)CC(=O)OCC. The molecule has 1 heterocycles. The zero-order chi connectivity index (χ0) is 54.2. The van der Waals surface area contributed by atoms with Crippen molar-refractivity contribution in [2.45, 2.75) is 61.4 Å². The molecule has 0 atom stereocenters. The number of carboxylic acid groups (broad SMARTS) is 1. The molecule has 0 unspecified atom stereocenters. The van der Waals surface area contributed by atoms with Crippen LogP contribution in [0.4, 0.5) is 20.2 Å². The Balaban J connectivity index is 1.71. The molecule has 5 rings (SSSR count). The number of hydrogen-bond donors (Lipinski definition) is 1. The van der Waals surface area contributed by atoms with Gasteiger partial charge in [0.1, 0.15) is 62.2 Å². The van der Waals surface area contributed by atoms with Crippen LogP contribution in [0.15, 0.2) is 63.8 Å². The lowest BCUT2D eigenvalue weighted by molar-refractivity contribution is -0.144. The Morgan fingerprint density at radius 1 is 0.649 bits per heavy atom. The molecule has 0 aromatic heterocycles. The molecule has 3 aromatic carbocycles. The summed E-state index contributed by atoms with van der Waals surface area (Å²) in [4.78, 5) is 105. The minimum absolute atomic E-state index is 0.00592. The highest BCUT2D eigenvalue weighted by Crippen LogP contribution is 2.45. The van der Waals surface area contributed by atoms with Crippen molar-refractivity contribution >= 4 is 64.1 Å². The lowest BCUT2D eigenvalue weighted by Crippen LogP contribution is -2.36. The fourth-order valence-corrected chi connectivity index (χ4v) is 7.75. The van der Waals surface area contributed by atoms with Gasteiger partial charge in [0.05, 0.1) is 56.3 Å². The van der Waals surface area contributed by atoms with E-state index in [4.69, 9.17) is 37.6 Å². The van der Waals surface area contributed by atoms with Crippen LogP contribution in [0.1, 0.15) is 59.1 Å². The standard InChI is InChI=1S/C52H57F2N3O17/c1-8-67-46(62)26-56(27-47(63)68-9-2)39-14-12-30(5)20-43(39)71-18-19-72-44-21-33(13-15-40(44)57(28-48(64)69-10-3)29-49(65)70-11-4)50-34-22-37(53)42(73-32(7)59)24-41(34)74-52-35(50)23-38(54)51(66)36(52)25-55(31(6)58)17-16-45(60)61/h12-15,20-24H,8-11,16-19,25-29H2,1-7H3,(H,60,61). The van der Waals surface area contributed by atoms with Crippen molar-refractivity contribution in [3.63, 3.8) is 0 Å². The number of benzene rings is 4. The Hall–Kier alpha value is -8.30. The van der Waals surface area contributed by atoms with Crippen molar-refractivity contribution in [3.8, 4) is 39.7 Å². The number of nitrogens with zero attached hydrogens (tertiary/aromatic N) is 3. The van der Waals surface area contributed by atoms with E-state index in [1.807, 2.05) is 0 Å². The highest BCUT2D eigenvalue weighted by molar-refractivity contribution is 6.03. The molecule has 0 saturated heterocycles. The van der Waals surface area contributed by atoms with Gasteiger partial charge >= 0.3 is 35.8 Å². The van der Waals surface area contributed by atoms with E-state index in [0.717, 1.165) is 42.5 Å². The number of fused-ring (bicyclic) bond motifs is 2. The Labute approximate surface area is 423 Å². The summed E-state index contributed by atoms with van der Waals surface area (Å²) in [6, 6.07) is 12.3. The second-order valence-electron chi connectivity index (χ2n) is 16.3. The van der Waals surface area contributed by atoms with Crippen LogP contribution in [0, 0.1) is 18.6 Å². The number of ether oxygens (including phenoxy) is 7. The van der Waals surface area contributed by atoms with Crippen molar-refractivity contribution in [1.82, 2.24) is 4.90 Å². The van der Waals surface area contributed by atoms with Crippen molar-refractivity contribution in [2.75, 3.05) is 82.2 Å². The quantitative estimate of drug-likeness (QED) is 0.0212. The average Bonchev–Trinajstić information content (AvgIpc) is 3.32. The molecule has 1 N–H and O–H groups in total. The maximum Gasteiger partial charge on any atom is 0.325 e. The predicted octanol–water partition coefficient (Wildman–Crippen LogP) is 6.22. The molecule has 0 saturated carbocycles. The largest absolute Gasteiger partial charge is 0.488 e. The normalized spacial score (nSPS) is 10.9. The smallest absolute Gasteiger partial charge is 0.325 e. The van der Waals surface area contributed by atoms with E-state index in [1.165, 1.54) is 28.0 Å². The van der Waals surface area contributed by atoms with E-state index >= 15 is 8.78 Å². The minimum atomic E-state index is -1.30. The Bertz CT molecular complexity index is 2880.